The zero-order valence-corrected chi connectivity index (χ0v) is 23.0. The van der Waals surface area contributed by atoms with E-state index in [1.54, 1.807) is 35.8 Å². The van der Waals surface area contributed by atoms with Crippen LogP contribution in [0.5, 0.6) is 5.75 Å². The Morgan fingerprint density at radius 3 is 2.84 bits per heavy atom. The van der Waals surface area contributed by atoms with E-state index in [2.05, 4.69) is 20.5 Å². The maximum absolute atomic E-state index is 13.3. The number of fused-ring (bicyclic) bond motifs is 2. The predicted octanol–water partition coefficient (Wildman–Crippen LogP) is 3.61. The van der Waals surface area contributed by atoms with Gasteiger partial charge in [-0.2, -0.15) is 5.10 Å². The molecule has 2 aliphatic rings. The molecule has 0 spiro atoms. The van der Waals surface area contributed by atoms with Crippen LogP contribution in [-0.2, 0) is 9.53 Å². The molecule has 0 radical (unpaired) electrons. The second-order valence-electron chi connectivity index (χ2n) is 9.20. The highest BCUT2D eigenvalue weighted by Gasteiger charge is 2.26. The van der Waals surface area contributed by atoms with Gasteiger partial charge in [-0.1, -0.05) is 11.6 Å². The van der Waals surface area contributed by atoms with Gasteiger partial charge in [0.25, 0.3) is 5.91 Å². The highest BCUT2D eigenvalue weighted by atomic mass is 35.5. The number of nitrogens with one attached hydrogen (secondary N) is 2. The molecule has 1 aromatic carbocycles. The number of likely N-dealkylation sites (tertiary alicyclic amines) is 1. The van der Waals surface area contributed by atoms with E-state index < -0.39 is 0 Å². The van der Waals surface area contributed by atoms with Gasteiger partial charge in [0.2, 0.25) is 0 Å². The van der Waals surface area contributed by atoms with E-state index in [1.807, 2.05) is 19.1 Å². The number of pyridine rings is 1. The normalized spacial score (nSPS) is 16.1. The Morgan fingerprint density at radius 1 is 1.26 bits per heavy atom. The lowest BCUT2D eigenvalue weighted by atomic mass is 9.97. The van der Waals surface area contributed by atoms with E-state index in [1.165, 1.54) is 0 Å². The number of carbonyl (C=O) groups excluding carboxylic acids is 2. The van der Waals surface area contributed by atoms with Crippen LogP contribution in [0.1, 0.15) is 30.3 Å². The molecule has 2 aromatic heterocycles. The number of hydrogen-bond acceptors (Lipinski definition) is 9. The molecule has 38 heavy (non-hydrogen) atoms. The minimum atomic E-state index is -0.285. The quantitative estimate of drug-likeness (QED) is 0.316. The average molecular weight is 559 g/mol. The lowest BCUT2D eigenvalue weighted by molar-refractivity contribution is -0.149. The van der Waals surface area contributed by atoms with E-state index >= 15 is 0 Å². The van der Waals surface area contributed by atoms with E-state index in [0.717, 1.165) is 54.5 Å². The van der Waals surface area contributed by atoms with Crippen molar-refractivity contribution in [3.63, 3.8) is 0 Å². The van der Waals surface area contributed by atoms with Crippen molar-refractivity contribution >= 4 is 51.8 Å². The predicted molar refractivity (Wildman–Crippen MR) is 148 cm³/mol. The Hall–Kier alpha value is -3.02. The van der Waals surface area contributed by atoms with Crippen LogP contribution in [0, 0.1) is 5.92 Å². The zero-order valence-electron chi connectivity index (χ0n) is 21.5. The van der Waals surface area contributed by atoms with Crippen LogP contribution >= 0.6 is 23.4 Å². The Balaban J connectivity index is 1.32. The molecule has 1 saturated heterocycles. The third-order valence-corrected chi connectivity index (χ3v) is 8.12. The molecule has 1 fully saturated rings. The topological polar surface area (TPSA) is 111 Å². The number of esters is 1. The molecule has 0 bridgehead atoms. The van der Waals surface area contributed by atoms with Crippen LogP contribution in [0.4, 0.5) is 5.69 Å². The summed E-state index contributed by atoms with van der Waals surface area (Å²) in [4.78, 5) is 32.8. The number of nitrogens with zero attached hydrogens (tertiary/aromatic N) is 4. The first kappa shape index (κ1) is 26.6. The molecule has 202 valence electrons. The smallest absolute Gasteiger partial charge is 0.309 e. The van der Waals surface area contributed by atoms with Crippen molar-refractivity contribution in [1.29, 1.82) is 0 Å². The van der Waals surface area contributed by atoms with Crippen molar-refractivity contribution in [3.8, 4) is 11.4 Å². The minimum Gasteiger partial charge on any atom is -0.494 e. The maximum Gasteiger partial charge on any atom is 0.309 e. The Labute approximate surface area is 230 Å². The number of halogens is 1. The second kappa shape index (κ2) is 11.8. The third-order valence-electron chi connectivity index (χ3n) is 6.85. The van der Waals surface area contributed by atoms with E-state index in [0.29, 0.717) is 41.5 Å². The summed E-state index contributed by atoms with van der Waals surface area (Å²) >= 11 is 8.00. The highest BCUT2D eigenvalue weighted by molar-refractivity contribution is 7.99. The molecule has 3 aromatic rings. The Bertz CT molecular complexity index is 1340. The van der Waals surface area contributed by atoms with Crippen LogP contribution in [0.3, 0.4) is 0 Å². The lowest BCUT2D eigenvalue weighted by Gasteiger charge is -2.30. The molecule has 0 aliphatic carbocycles. The van der Waals surface area contributed by atoms with Gasteiger partial charge in [0.1, 0.15) is 16.6 Å². The molecule has 12 heteroatoms. The number of benzene rings is 1. The number of piperidine rings is 1. The summed E-state index contributed by atoms with van der Waals surface area (Å²) in [5.74, 6) is 1.16. The number of aromatic nitrogens is 3. The zero-order chi connectivity index (χ0) is 26.6. The van der Waals surface area contributed by atoms with Gasteiger partial charge in [-0.05, 0) is 38.9 Å². The summed E-state index contributed by atoms with van der Waals surface area (Å²) in [7, 11) is 1.62. The number of methoxy groups -OCH3 is 1. The summed E-state index contributed by atoms with van der Waals surface area (Å²) < 4.78 is 12.5. The molecular formula is C26H31ClN6O4S. The number of ether oxygens (including phenoxy) is 2. The number of anilines is 1. The summed E-state index contributed by atoms with van der Waals surface area (Å²) in [5, 5.41) is 12.0. The minimum absolute atomic E-state index is 0.0368. The molecule has 0 saturated carbocycles. The molecule has 2 N–H and O–H groups in total. The van der Waals surface area contributed by atoms with Crippen molar-refractivity contribution in [1.82, 2.24) is 25.0 Å². The Morgan fingerprint density at radius 2 is 2.08 bits per heavy atom. The standard InChI is InChI=1S/C26H31ClN6O4S/c1-3-37-26(35)16-4-8-32(9-5-16)10-6-29-25(34)24-17-15-30-23(27)14-19(17)33(31-24)20-13-22-18(12-21(20)36-2)28-7-11-38-22/h12-16,28H,3-11H2,1-2H3,(H,29,34). The summed E-state index contributed by atoms with van der Waals surface area (Å²) in [6.45, 7) is 5.86. The van der Waals surface area contributed by atoms with Gasteiger partial charge < -0.3 is 25.0 Å². The first-order valence-corrected chi connectivity index (χ1v) is 14.2. The van der Waals surface area contributed by atoms with E-state index in [9.17, 15) is 9.59 Å². The van der Waals surface area contributed by atoms with Crippen LogP contribution < -0.4 is 15.4 Å². The van der Waals surface area contributed by atoms with Crippen molar-refractivity contribution in [2.24, 2.45) is 5.92 Å². The second-order valence-corrected chi connectivity index (χ2v) is 10.7. The maximum atomic E-state index is 13.3. The van der Waals surface area contributed by atoms with E-state index in [4.69, 9.17) is 26.2 Å². The largest absolute Gasteiger partial charge is 0.494 e. The number of thioether (sulfide) groups is 1. The molecule has 5 rings (SSSR count). The third kappa shape index (κ3) is 5.55. The molecule has 0 atom stereocenters. The molecule has 10 nitrogen and oxygen atoms in total. The van der Waals surface area contributed by atoms with Crippen molar-refractivity contribution in [2.45, 2.75) is 24.7 Å². The van der Waals surface area contributed by atoms with Gasteiger partial charge in [0.15, 0.2) is 5.69 Å². The van der Waals surface area contributed by atoms with Crippen LogP contribution in [-0.4, -0.2) is 83.7 Å². The molecule has 0 unspecified atom stereocenters. The van der Waals surface area contributed by atoms with Crippen LogP contribution in [0.2, 0.25) is 5.15 Å². The van der Waals surface area contributed by atoms with Gasteiger partial charge in [-0.3, -0.25) is 9.59 Å². The fourth-order valence-corrected chi connectivity index (χ4v) is 5.94. The fraction of sp³-hybridized carbons (Fsp3) is 0.462. The summed E-state index contributed by atoms with van der Waals surface area (Å²) in [5.41, 5.74) is 2.68. The number of amides is 1. The SMILES string of the molecule is CCOC(=O)C1CCN(CCNC(=O)c2nn(-c3cc4c(cc3OC)NCCS4)c3cc(Cl)ncc23)CC1. The number of hydrogen-bond donors (Lipinski definition) is 2. The average Bonchev–Trinajstić information content (AvgIpc) is 3.31. The molecule has 1 amide bonds. The first-order chi connectivity index (χ1) is 18.5. The fourth-order valence-electron chi connectivity index (χ4n) is 4.88. The van der Waals surface area contributed by atoms with Crippen molar-refractivity contribution < 1.29 is 19.1 Å². The molecular weight excluding hydrogens is 528 g/mol. The van der Waals surface area contributed by atoms with Gasteiger partial charge >= 0.3 is 5.97 Å². The summed E-state index contributed by atoms with van der Waals surface area (Å²) in [6, 6.07) is 5.68. The van der Waals surface area contributed by atoms with Crippen molar-refractivity contribution in [2.75, 3.05) is 57.5 Å². The van der Waals surface area contributed by atoms with Crippen molar-refractivity contribution in [3.05, 3.63) is 35.2 Å². The monoisotopic (exact) mass is 558 g/mol. The van der Waals surface area contributed by atoms with Crippen LogP contribution in [0.25, 0.3) is 16.6 Å². The number of rotatable bonds is 8. The highest BCUT2D eigenvalue weighted by Crippen LogP contribution is 2.39. The van der Waals surface area contributed by atoms with E-state index in [-0.39, 0.29) is 23.5 Å². The van der Waals surface area contributed by atoms with Crippen LogP contribution in [0.15, 0.2) is 29.3 Å². The van der Waals surface area contributed by atoms with Gasteiger partial charge in [-0.25, -0.2) is 9.67 Å². The first-order valence-electron chi connectivity index (χ1n) is 12.8. The lowest BCUT2D eigenvalue weighted by Crippen LogP contribution is -2.41. The van der Waals surface area contributed by atoms with Gasteiger partial charge in [0.05, 0.1) is 36.2 Å². The molecule has 4 heterocycles. The summed E-state index contributed by atoms with van der Waals surface area (Å²) in [6.07, 6.45) is 3.12. The molecule has 2 aliphatic heterocycles. The van der Waals surface area contributed by atoms with Gasteiger partial charge in [0, 0.05) is 48.6 Å². The Kier molecular flexibility index (Phi) is 8.25. The van der Waals surface area contributed by atoms with Gasteiger partial charge in [-0.15, -0.1) is 11.8 Å². The number of carbonyl (C=O) groups is 2.